The Morgan fingerprint density at radius 2 is 2.05 bits per heavy atom. The van der Waals surface area contributed by atoms with E-state index in [1.54, 1.807) is 11.3 Å². The van der Waals surface area contributed by atoms with Crippen LogP contribution in [0.3, 0.4) is 0 Å². The van der Waals surface area contributed by atoms with Crippen molar-refractivity contribution in [2.24, 2.45) is 0 Å². The van der Waals surface area contributed by atoms with Crippen molar-refractivity contribution in [3.63, 3.8) is 0 Å². The second kappa shape index (κ2) is 5.69. The van der Waals surface area contributed by atoms with Crippen LogP contribution >= 0.6 is 23.1 Å². The summed E-state index contributed by atoms with van der Waals surface area (Å²) in [5.74, 6) is 4.19. The summed E-state index contributed by atoms with van der Waals surface area (Å²) < 4.78 is 5.82. The zero-order valence-electron chi connectivity index (χ0n) is 11.3. The first-order valence-electron chi connectivity index (χ1n) is 6.55. The van der Waals surface area contributed by atoms with Gasteiger partial charge in [0.25, 0.3) is 0 Å². The summed E-state index contributed by atoms with van der Waals surface area (Å²) in [6.45, 7) is 7.36. The summed E-state index contributed by atoms with van der Waals surface area (Å²) in [5.41, 5.74) is 1.09. The molecule has 1 saturated heterocycles. The van der Waals surface area contributed by atoms with Gasteiger partial charge in [-0.05, 0) is 26.0 Å². The minimum atomic E-state index is 0.775. The van der Waals surface area contributed by atoms with Crippen LogP contribution in [0.2, 0.25) is 0 Å². The van der Waals surface area contributed by atoms with E-state index in [9.17, 15) is 0 Å². The van der Waals surface area contributed by atoms with Gasteiger partial charge < -0.3 is 4.42 Å². The van der Waals surface area contributed by atoms with Crippen LogP contribution in [0.25, 0.3) is 10.8 Å². The molecule has 0 bridgehead atoms. The average Bonchev–Trinajstić information content (AvgIpc) is 2.98. The summed E-state index contributed by atoms with van der Waals surface area (Å²) in [6, 6.07) is 4.20. The molecule has 0 aliphatic carbocycles. The number of aryl methyl sites for hydroxylation is 2. The van der Waals surface area contributed by atoms with E-state index in [4.69, 9.17) is 4.42 Å². The Kier molecular flexibility index (Phi) is 3.96. The zero-order valence-corrected chi connectivity index (χ0v) is 12.9. The molecule has 1 fully saturated rings. The Morgan fingerprint density at radius 1 is 1.26 bits per heavy atom. The van der Waals surface area contributed by atoms with Gasteiger partial charge in [0.2, 0.25) is 5.89 Å². The predicted octanol–water partition coefficient (Wildman–Crippen LogP) is 3.57. The van der Waals surface area contributed by atoms with Crippen molar-refractivity contribution in [1.29, 1.82) is 0 Å². The van der Waals surface area contributed by atoms with E-state index in [1.807, 2.05) is 18.7 Å². The molecule has 0 amide bonds. The molecule has 2 aromatic rings. The van der Waals surface area contributed by atoms with Gasteiger partial charge in [-0.3, -0.25) is 4.90 Å². The number of aromatic nitrogens is 1. The van der Waals surface area contributed by atoms with E-state index in [0.29, 0.717) is 0 Å². The first kappa shape index (κ1) is 13.2. The van der Waals surface area contributed by atoms with Crippen LogP contribution in [0, 0.1) is 13.8 Å². The lowest BCUT2D eigenvalue weighted by Gasteiger charge is -2.25. The molecular formula is C14H18N2OS2. The minimum Gasteiger partial charge on any atom is -0.440 e. The Hall–Kier alpha value is -0.780. The Morgan fingerprint density at radius 3 is 2.74 bits per heavy atom. The van der Waals surface area contributed by atoms with Crippen LogP contribution in [-0.4, -0.2) is 34.5 Å². The average molecular weight is 294 g/mol. The molecule has 0 aromatic carbocycles. The molecule has 1 aliphatic heterocycles. The molecule has 19 heavy (non-hydrogen) atoms. The fourth-order valence-electron chi connectivity index (χ4n) is 2.20. The van der Waals surface area contributed by atoms with Gasteiger partial charge in [0.1, 0.15) is 5.76 Å². The topological polar surface area (TPSA) is 29.3 Å². The van der Waals surface area contributed by atoms with E-state index in [1.165, 1.54) is 16.4 Å². The Balaban J connectivity index is 1.77. The van der Waals surface area contributed by atoms with Gasteiger partial charge in [0, 0.05) is 36.0 Å². The van der Waals surface area contributed by atoms with Crippen molar-refractivity contribution in [2.45, 2.75) is 20.4 Å². The van der Waals surface area contributed by atoms with Gasteiger partial charge in [-0.1, -0.05) is 0 Å². The van der Waals surface area contributed by atoms with Crippen molar-refractivity contribution in [3.05, 3.63) is 28.5 Å². The smallest absolute Gasteiger partial charge is 0.236 e. The first-order valence-corrected chi connectivity index (χ1v) is 8.53. The third-order valence-corrected chi connectivity index (χ3v) is 5.25. The number of thioether (sulfide) groups is 1. The van der Waals surface area contributed by atoms with Gasteiger partial charge in [0.05, 0.1) is 10.6 Å². The molecule has 0 saturated carbocycles. The van der Waals surface area contributed by atoms with Crippen LogP contribution in [0.4, 0.5) is 0 Å². The van der Waals surface area contributed by atoms with Gasteiger partial charge in [0.15, 0.2) is 0 Å². The molecule has 0 spiro atoms. The number of hydrogen-bond acceptors (Lipinski definition) is 5. The van der Waals surface area contributed by atoms with Crippen LogP contribution < -0.4 is 0 Å². The highest BCUT2D eigenvalue weighted by molar-refractivity contribution is 7.99. The van der Waals surface area contributed by atoms with Crippen molar-refractivity contribution in [2.75, 3.05) is 24.6 Å². The van der Waals surface area contributed by atoms with Crippen molar-refractivity contribution in [3.8, 4) is 10.8 Å². The number of oxazole rings is 1. The molecule has 0 N–H and O–H groups in total. The molecule has 0 atom stereocenters. The van der Waals surface area contributed by atoms with E-state index >= 15 is 0 Å². The summed E-state index contributed by atoms with van der Waals surface area (Å²) in [4.78, 5) is 9.56. The van der Waals surface area contributed by atoms with E-state index in [2.05, 4.69) is 28.9 Å². The maximum Gasteiger partial charge on any atom is 0.236 e. The molecule has 0 radical (unpaired) electrons. The number of hydrogen-bond donors (Lipinski definition) is 0. The third-order valence-electron chi connectivity index (χ3n) is 3.32. The van der Waals surface area contributed by atoms with Gasteiger partial charge in [-0.2, -0.15) is 11.8 Å². The van der Waals surface area contributed by atoms with Crippen molar-refractivity contribution in [1.82, 2.24) is 9.88 Å². The highest BCUT2D eigenvalue weighted by Gasteiger charge is 2.17. The maximum absolute atomic E-state index is 5.82. The third kappa shape index (κ3) is 3.04. The van der Waals surface area contributed by atoms with Gasteiger partial charge >= 0.3 is 0 Å². The summed E-state index contributed by atoms with van der Waals surface area (Å²) in [7, 11) is 0. The van der Waals surface area contributed by atoms with Gasteiger partial charge in [-0.25, -0.2) is 4.98 Å². The fraction of sp³-hybridized carbons (Fsp3) is 0.500. The second-order valence-electron chi connectivity index (χ2n) is 4.82. The quantitative estimate of drug-likeness (QED) is 0.865. The van der Waals surface area contributed by atoms with Crippen molar-refractivity contribution < 1.29 is 4.42 Å². The van der Waals surface area contributed by atoms with E-state index in [-0.39, 0.29) is 0 Å². The largest absolute Gasteiger partial charge is 0.440 e. The highest BCUT2D eigenvalue weighted by atomic mass is 32.2. The fourth-order valence-corrected chi connectivity index (χ4v) is 3.97. The normalized spacial score (nSPS) is 16.9. The first-order chi connectivity index (χ1) is 9.22. The number of nitrogens with zero attached hydrogens (tertiary/aromatic N) is 2. The zero-order chi connectivity index (χ0) is 13.2. The van der Waals surface area contributed by atoms with Crippen LogP contribution in [-0.2, 0) is 6.54 Å². The van der Waals surface area contributed by atoms with Crippen LogP contribution in [0.15, 0.2) is 16.5 Å². The molecule has 3 nitrogen and oxygen atoms in total. The minimum absolute atomic E-state index is 0.775. The standard InChI is InChI=1S/C14H18N2OS2/c1-10-3-4-13(19-10)14-15-12(11(2)17-14)9-16-5-7-18-8-6-16/h3-4H,5-9H2,1-2H3. The number of rotatable bonds is 3. The molecule has 1 aliphatic rings. The lowest BCUT2D eigenvalue weighted by Crippen LogP contribution is -2.32. The Bertz CT molecular complexity index is 556. The van der Waals surface area contributed by atoms with Gasteiger partial charge in [-0.15, -0.1) is 11.3 Å². The SMILES string of the molecule is Cc1ccc(-c2nc(CN3CCSCC3)c(C)o2)s1. The molecule has 3 heterocycles. The van der Waals surface area contributed by atoms with E-state index in [0.717, 1.165) is 41.9 Å². The second-order valence-corrected chi connectivity index (χ2v) is 7.33. The molecule has 3 rings (SSSR count). The lowest BCUT2D eigenvalue weighted by molar-refractivity contribution is 0.289. The predicted molar refractivity (Wildman–Crippen MR) is 81.9 cm³/mol. The lowest BCUT2D eigenvalue weighted by atomic mass is 10.3. The van der Waals surface area contributed by atoms with Crippen molar-refractivity contribution >= 4 is 23.1 Å². The molecule has 102 valence electrons. The summed E-state index contributed by atoms with van der Waals surface area (Å²) >= 11 is 3.77. The Labute approximate surface area is 122 Å². The van der Waals surface area contributed by atoms with Crippen LogP contribution in [0.5, 0.6) is 0 Å². The monoisotopic (exact) mass is 294 g/mol. The molecule has 5 heteroatoms. The summed E-state index contributed by atoms with van der Waals surface area (Å²) in [5, 5.41) is 0. The highest BCUT2D eigenvalue weighted by Crippen LogP contribution is 2.29. The summed E-state index contributed by atoms with van der Waals surface area (Å²) in [6.07, 6.45) is 0. The van der Waals surface area contributed by atoms with E-state index < -0.39 is 0 Å². The molecule has 2 aromatic heterocycles. The molecule has 0 unspecified atom stereocenters. The van der Waals surface area contributed by atoms with Crippen LogP contribution in [0.1, 0.15) is 16.3 Å². The number of thiophene rings is 1. The maximum atomic E-state index is 5.82. The molecular weight excluding hydrogens is 276 g/mol.